The van der Waals surface area contributed by atoms with E-state index in [0.717, 1.165) is 11.1 Å². The summed E-state index contributed by atoms with van der Waals surface area (Å²) in [7, 11) is 1.45. The largest absolute Gasteiger partial charge is 0.493 e. The number of rotatable bonds is 7. The van der Waals surface area contributed by atoms with Gasteiger partial charge in [-0.05, 0) is 44.5 Å². The van der Waals surface area contributed by atoms with Crippen LogP contribution < -0.4 is 14.8 Å². The van der Waals surface area contributed by atoms with Crippen molar-refractivity contribution in [3.63, 3.8) is 0 Å². The number of aryl methyl sites for hydroxylation is 2. The van der Waals surface area contributed by atoms with Crippen molar-refractivity contribution in [1.82, 2.24) is 0 Å². The summed E-state index contributed by atoms with van der Waals surface area (Å²) in [6, 6.07) is 8.53. The second kappa shape index (κ2) is 9.28. The van der Waals surface area contributed by atoms with Crippen LogP contribution in [0.25, 0.3) is 0 Å². The monoisotopic (exact) mass is 391 g/mol. The average Bonchev–Trinajstić information content (AvgIpc) is 2.63. The van der Waals surface area contributed by atoms with Crippen molar-refractivity contribution < 1.29 is 23.8 Å². The summed E-state index contributed by atoms with van der Waals surface area (Å²) >= 11 is 6.14. The van der Waals surface area contributed by atoms with Crippen LogP contribution >= 0.6 is 11.6 Å². The van der Waals surface area contributed by atoms with Crippen LogP contribution in [0, 0.1) is 13.8 Å². The van der Waals surface area contributed by atoms with E-state index >= 15 is 0 Å². The normalized spacial score (nSPS) is 10.3. The molecule has 6 nitrogen and oxygen atoms in total. The number of hydrogen-bond donors (Lipinski definition) is 1. The molecule has 0 radical (unpaired) electrons. The van der Waals surface area contributed by atoms with Crippen molar-refractivity contribution in [3.8, 4) is 11.5 Å². The standard InChI is InChI=1S/C20H22ClNO5/c1-5-26-19-15(21)9-14(10-17(19)25-4)20(24)27-11-18(23)22-16-7-6-12(2)8-13(16)3/h6-10H,5,11H2,1-4H3,(H,22,23). The molecule has 0 atom stereocenters. The predicted molar refractivity (Wildman–Crippen MR) is 104 cm³/mol. The fourth-order valence-electron chi connectivity index (χ4n) is 2.48. The van der Waals surface area contributed by atoms with E-state index < -0.39 is 18.5 Å². The molecule has 0 aliphatic carbocycles. The zero-order chi connectivity index (χ0) is 20.0. The Morgan fingerprint density at radius 3 is 2.52 bits per heavy atom. The third-order valence-corrected chi connectivity index (χ3v) is 4.02. The van der Waals surface area contributed by atoms with Gasteiger partial charge in [0.15, 0.2) is 18.1 Å². The number of esters is 1. The number of amides is 1. The van der Waals surface area contributed by atoms with Crippen LogP contribution in [0.5, 0.6) is 11.5 Å². The van der Waals surface area contributed by atoms with Gasteiger partial charge >= 0.3 is 5.97 Å². The molecule has 0 saturated carbocycles. The topological polar surface area (TPSA) is 73.9 Å². The van der Waals surface area contributed by atoms with Gasteiger partial charge in [0.05, 0.1) is 24.3 Å². The minimum absolute atomic E-state index is 0.166. The third-order valence-electron chi connectivity index (χ3n) is 3.74. The first kappa shape index (κ1) is 20.6. The molecule has 0 aliphatic heterocycles. The van der Waals surface area contributed by atoms with E-state index in [9.17, 15) is 9.59 Å². The van der Waals surface area contributed by atoms with Gasteiger partial charge in [0.2, 0.25) is 0 Å². The van der Waals surface area contributed by atoms with Crippen molar-refractivity contribution in [1.29, 1.82) is 0 Å². The Bertz CT molecular complexity index is 851. The van der Waals surface area contributed by atoms with Crippen molar-refractivity contribution >= 4 is 29.2 Å². The van der Waals surface area contributed by atoms with Gasteiger partial charge in [-0.3, -0.25) is 4.79 Å². The predicted octanol–water partition coefficient (Wildman–Crippen LogP) is 4.16. The van der Waals surface area contributed by atoms with Crippen molar-refractivity contribution in [2.75, 3.05) is 25.6 Å². The highest BCUT2D eigenvalue weighted by molar-refractivity contribution is 6.32. The summed E-state index contributed by atoms with van der Waals surface area (Å²) in [5, 5.41) is 2.94. The van der Waals surface area contributed by atoms with Gasteiger partial charge in [0, 0.05) is 5.69 Å². The molecule has 0 heterocycles. The van der Waals surface area contributed by atoms with Crippen LogP contribution in [-0.4, -0.2) is 32.2 Å². The molecule has 2 rings (SSSR count). The minimum atomic E-state index is -0.686. The average molecular weight is 392 g/mol. The van der Waals surface area contributed by atoms with Gasteiger partial charge in [-0.15, -0.1) is 0 Å². The molecule has 7 heteroatoms. The van der Waals surface area contributed by atoms with E-state index in [-0.39, 0.29) is 10.6 Å². The van der Waals surface area contributed by atoms with Gasteiger partial charge < -0.3 is 19.5 Å². The molecular weight excluding hydrogens is 370 g/mol. The molecule has 27 heavy (non-hydrogen) atoms. The van der Waals surface area contributed by atoms with E-state index in [1.54, 1.807) is 0 Å². The highest BCUT2D eigenvalue weighted by Crippen LogP contribution is 2.36. The summed E-state index contributed by atoms with van der Waals surface area (Å²) in [4.78, 5) is 24.3. The summed E-state index contributed by atoms with van der Waals surface area (Å²) in [5.74, 6) is -0.449. The molecule has 0 unspecified atom stereocenters. The van der Waals surface area contributed by atoms with Gasteiger partial charge in [0.25, 0.3) is 5.91 Å². The number of anilines is 1. The zero-order valence-electron chi connectivity index (χ0n) is 15.7. The molecule has 0 bridgehead atoms. The molecular formula is C20H22ClNO5. The van der Waals surface area contributed by atoms with Gasteiger partial charge in [0.1, 0.15) is 0 Å². The maximum absolute atomic E-state index is 12.2. The highest BCUT2D eigenvalue weighted by atomic mass is 35.5. The number of carbonyl (C=O) groups is 2. The van der Waals surface area contributed by atoms with Crippen molar-refractivity contribution in [2.24, 2.45) is 0 Å². The molecule has 0 aliphatic rings. The van der Waals surface area contributed by atoms with E-state index in [1.165, 1.54) is 19.2 Å². The first-order chi connectivity index (χ1) is 12.8. The van der Waals surface area contributed by atoms with Gasteiger partial charge in [-0.25, -0.2) is 4.79 Å². The Morgan fingerprint density at radius 2 is 1.89 bits per heavy atom. The maximum atomic E-state index is 12.2. The number of methoxy groups -OCH3 is 1. The van der Waals surface area contributed by atoms with Crippen LogP contribution in [0.2, 0.25) is 5.02 Å². The number of carbonyl (C=O) groups excluding carboxylic acids is 2. The lowest BCUT2D eigenvalue weighted by molar-refractivity contribution is -0.119. The first-order valence-corrected chi connectivity index (χ1v) is 8.78. The summed E-state index contributed by atoms with van der Waals surface area (Å²) < 4.78 is 15.7. The maximum Gasteiger partial charge on any atom is 0.338 e. The Balaban J connectivity index is 2.02. The number of benzene rings is 2. The fourth-order valence-corrected chi connectivity index (χ4v) is 2.74. The Labute approximate surface area is 163 Å². The Hall–Kier alpha value is -2.73. The molecule has 0 fully saturated rings. The minimum Gasteiger partial charge on any atom is -0.493 e. The summed E-state index contributed by atoms with van der Waals surface area (Å²) in [6.45, 7) is 5.66. The molecule has 1 N–H and O–H groups in total. The van der Waals surface area contributed by atoms with Crippen molar-refractivity contribution in [3.05, 3.63) is 52.0 Å². The zero-order valence-corrected chi connectivity index (χ0v) is 16.5. The molecule has 0 saturated heterocycles. The van der Waals surface area contributed by atoms with E-state index in [1.807, 2.05) is 39.0 Å². The lowest BCUT2D eigenvalue weighted by Gasteiger charge is -2.13. The first-order valence-electron chi connectivity index (χ1n) is 8.40. The summed E-state index contributed by atoms with van der Waals surface area (Å²) in [6.07, 6.45) is 0. The van der Waals surface area contributed by atoms with E-state index in [4.69, 9.17) is 25.8 Å². The Kier molecular flexibility index (Phi) is 7.07. The summed E-state index contributed by atoms with van der Waals surface area (Å²) in [5.41, 5.74) is 2.86. The van der Waals surface area contributed by atoms with Crippen molar-refractivity contribution in [2.45, 2.75) is 20.8 Å². The number of hydrogen-bond acceptors (Lipinski definition) is 5. The van der Waals surface area contributed by atoms with Gasteiger partial charge in [-0.1, -0.05) is 29.3 Å². The lowest BCUT2D eigenvalue weighted by atomic mass is 10.1. The molecule has 2 aromatic rings. The SMILES string of the molecule is CCOc1c(Cl)cc(C(=O)OCC(=O)Nc2ccc(C)cc2C)cc1OC. The molecule has 0 spiro atoms. The molecule has 2 aromatic carbocycles. The van der Waals surface area contributed by atoms with Crippen LogP contribution in [0.4, 0.5) is 5.69 Å². The molecule has 144 valence electrons. The van der Waals surface area contributed by atoms with E-state index in [0.29, 0.717) is 23.8 Å². The lowest BCUT2D eigenvalue weighted by Crippen LogP contribution is -2.21. The smallest absolute Gasteiger partial charge is 0.338 e. The molecule has 1 amide bonds. The third kappa shape index (κ3) is 5.37. The van der Waals surface area contributed by atoms with Crippen LogP contribution in [-0.2, 0) is 9.53 Å². The second-order valence-electron chi connectivity index (χ2n) is 5.87. The van der Waals surface area contributed by atoms with E-state index in [2.05, 4.69) is 5.32 Å². The fraction of sp³-hybridized carbons (Fsp3) is 0.300. The van der Waals surface area contributed by atoms with Crippen LogP contribution in [0.3, 0.4) is 0 Å². The number of halogens is 1. The second-order valence-corrected chi connectivity index (χ2v) is 6.27. The molecule has 0 aromatic heterocycles. The Morgan fingerprint density at radius 1 is 1.15 bits per heavy atom. The van der Waals surface area contributed by atoms with Crippen LogP contribution in [0.15, 0.2) is 30.3 Å². The highest BCUT2D eigenvalue weighted by Gasteiger charge is 2.17. The quantitative estimate of drug-likeness (QED) is 0.717. The van der Waals surface area contributed by atoms with Gasteiger partial charge in [-0.2, -0.15) is 0 Å². The number of nitrogens with one attached hydrogen (secondary N) is 1. The van der Waals surface area contributed by atoms with Crippen LogP contribution in [0.1, 0.15) is 28.4 Å². The number of ether oxygens (including phenoxy) is 3.